The summed E-state index contributed by atoms with van der Waals surface area (Å²) in [5.74, 6) is -1.01. The Bertz CT molecular complexity index is 748. The molecule has 3 rings (SSSR count). The summed E-state index contributed by atoms with van der Waals surface area (Å²) in [4.78, 5) is 14.4. The second-order valence-electron chi connectivity index (χ2n) is 6.30. The normalized spacial score (nSPS) is 14.3. The average molecular weight is 317 g/mol. The third kappa shape index (κ3) is 2.93. The van der Waals surface area contributed by atoms with Gasteiger partial charge in [0.15, 0.2) is 11.4 Å². The van der Waals surface area contributed by atoms with E-state index < -0.39 is 5.82 Å². The van der Waals surface area contributed by atoms with Crippen molar-refractivity contribution in [2.75, 3.05) is 0 Å². The first kappa shape index (κ1) is 15.5. The molecule has 122 valence electrons. The number of aromatic hydroxyl groups is 1. The van der Waals surface area contributed by atoms with Gasteiger partial charge in [-0.3, -0.25) is 4.79 Å². The van der Waals surface area contributed by atoms with Crippen LogP contribution in [0.25, 0.3) is 5.69 Å². The van der Waals surface area contributed by atoms with Crippen LogP contribution >= 0.6 is 0 Å². The van der Waals surface area contributed by atoms with Crippen molar-refractivity contribution in [1.82, 2.24) is 14.7 Å². The molecule has 1 saturated carbocycles. The van der Waals surface area contributed by atoms with Gasteiger partial charge in [0.25, 0.3) is 5.91 Å². The predicted molar refractivity (Wildman–Crippen MR) is 84.3 cm³/mol. The Morgan fingerprint density at radius 3 is 2.74 bits per heavy atom. The van der Waals surface area contributed by atoms with E-state index in [0.29, 0.717) is 0 Å². The Kier molecular flexibility index (Phi) is 3.83. The summed E-state index contributed by atoms with van der Waals surface area (Å²) in [6.07, 6.45) is 3.21. The second-order valence-corrected chi connectivity index (χ2v) is 6.30. The van der Waals surface area contributed by atoms with E-state index in [1.807, 2.05) is 20.8 Å². The number of hydrogen-bond donors (Lipinski definition) is 1. The van der Waals surface area contributed by atoms with Crippen molar-refractivity contribution in [2.24, 2.45) is 0 Å². The Hall–Kier alpha value is -2.37. The summed E-state index contributed by atoms with van der Waals surface area (Å²) in [7, 11) is 0. The highest BCUT2D eigenvalue weighted by atomic mass is 19.1. The Labute approximate surface area is 134 Å². The average Bonchev–Trinajstić information content (AvgIpc) is 3.22. The SMILES string of the molecule is Cc1ccc(F)c(-n2cc(O)c(C(=O)N(C(C)C)C3CC3)n2)c1. The van der Waals surface area contributed by atoms with E-state index in [4.69, 9.17) is 0 Å². The number of nitrogens with zero attached hydrogens (tertiary/aromatic N) is 3. The van der Waals surface area contributed by atoms with Gasteiger partial charge in [0, 0.05) is 12.1 Å². The largest absolute Gasteiger partial charge is 0.504 e. The molecule has 0 aliphatic heterocycles. The maximum Gasteiger partial charge on any atom is 0.278 e. The molecule has 6 heteroatoms. The number of aryl methyl sites for hydroxylation is 1. The molecule has 1 aromatic carbocycles. The number of halogens is 1. The fraction of sp³-hybridized carbons (Fsp3) is 0.412. The highest BCUT2D eigenvalue weighted by Gasteiger charge is 2.36. The summed E-state index contributed by atoms with van der Waals surface area (Å²) in [5.41, 5.74) is 1.04. The molecule has 23 heavy (non-hydrogen) atoms. The van der Waals surface area contributed by atoms with Crippen LogP contribution in [0.15, 0.2) is 24.4 Å². The Morgan fingerprint density at radius 2 is 2.13 bits per heavy atom. The van der Waals surface area contributed by atoms with Crippen molar-refractivity contribution >= 4 is 5.91 Å². The molecule has 0 atom stereocenters. The molecule has 5 nitrogen and oxygen atoms in total. The number of aromatic nitrogens is 2. The zero-order valence-electron chi connectivity index (χ0n) is 13.5. The number of benzene rings is 1. The minimum atomic E-state index is -0.458. The van der Waals surface area contributed by atoms with E-state index in [9.17, 15) is 14.3 Å². The molecule has 0 bridgehead atoms. The van der Waals surface area contributed by atoms with E-state index in [0.717, 1.165) is 18.4 Å². The van der Waals surface area contributed by atoms with Gasteiger partial charge in [0.1, 0.15) is 11.5 Å². The van der Waals surface area contributed by atoms with Crippen LogP contribution < -0.4 is 0 Å². The van der Waals surface area contributed by atoms with Crippen molar-refractivity contribution in [3.05, 3.63) is 41.5 Å². The minimum absolute atomic E-state index is 0.0234. The molecule has 0 unspecified atom stereocenters. The number of carbonyl (C=O) groups excluding carboxylic acids is 1. The summed E-state index contributed by atoms with van der Waals surface area (Å²) in [6.45, 7) is 5.71. The van der Waals surface area contributed by atoms with E-state index >= 15 is 0 Å². The number of amides is 1. The van der Waals surface area contributed by atoms with Gasteiger partial charge < -0.3 is 10.0 Å². The molecule has 0 spiro atoms. The molecule has 0 radical (unpaired) electrons. The van der Waals surface area contributed by atoms with Crippen LogP contribution in [0, 0.1) is 12.7 Å². The fourth-order valence-corrected chi connectivity index (χ4v) is 2.74. The van der Waals surface area contributed by atoms with Gasteiger partial charge in [0.2, 0.25) is 0 Å². The molecule has 0 saturated heterocycles. The van der Waals surface area contributed by atoms with Crippen molar-refractivity contribution in [3.63, 3.8) is 0 Å². The fourth-order valence-electron chi connectivity index (χ4n) is 2.74. The van der Waals surface area contributed by atoms with Crippen LogP contribution in [0.1, 0.15) is 42.7 Å². The molecular weight excluding hydrogens is 297 g/mol. The summed E-state index contributed by atoms with van der Waals surface area (Å²) < 4.78 is 15.2. The van der Waals surface area contributed by atoms with Gasteiger partial charge >= 0.3 is 0 Å². The second kappa shape index (κ2) is 5.68. The highest BCUT2D eigenvalue weighted by Crippen LogP contribution is 2.31. The molecule has 2 aromatic rings. The van der Waals surface area contributed by atoms with Crippen molar-refractivity contribution < 1.29 is 14.3 Å². The topological polar surface area (TPSA) is 58.4 Å². The van der Waals surface area contributed by atoms with Crippen LogP contribution in [-0.4, -0.2) is 37.8 Å². The highest BCUT2D eigenvalue weighted by molar-refractivity contribution is 5.95. The standard InChI is InChI=1S/C17H20FN3O2/c1-10(2)21(12-5-6-12)17(23)16-15(22)9-20(19-16)14-8-11(3)4-7-13(14)18/h4,7-10,12,22H,5-6H2,1-3H3. The van der Waals surface area contributed by atoms with E-state index in [2.05, 4.69) is 5.10 Å². The number of rotatable bonds is 4. The zero-order chi connectivity index (χ0) is 16.7. The first-order valence-corrected chi connectivity index (χ1v) is 7.76. The third-order valence-electron chi connectivity index (χ3n) is 3.98. The smallest absolute Gasteiger partial charge is 0.278 e. The number of carbonyl (C=O) groups is 1. The van der Waals surface area contributed by atoms with E-state index in [-0.39, 0.29) is 35.1 Å². The first-order valence-electron chi connectivity index (χ1n) is 7.76. The number of hydrogen-bond acceptors (Lipinski definition) is 3. The monoisotopic (exact) mass is 317 g/mol. The lowest BCUT2D eigenvalue weighted by atomic mass is 10.2. The molecule has 1 aliphatic rings. The molecule has 1 N–H and O–H groups in total. The predicted octanol–water partition coefficient (Wildman–Crippen LogP) is 3.04. The van der Waals surface area contributed by atoms with Crippen molar-refractivity contribution in [3.8, 4) is 11.4 Å². The molecular formula is C17H20FN3O2. The van der Waals surface area contributed by atoms with E-state index in [1.54, 1.807) is 17.0 Å². The van der Waals surface area contributed by atoms with Crippen LogP contribution in [0.2, 0.25) is 0 Å². The van der Waals surface area contributed by atoms with Gasteiger partial charge in [-0.2, -0.15) is 5.10 Å². The molecule has 1 heterocycles. The maximum atomic E-state index is 14.0. The summed E-state index contributed by atoms with van der Waals surface area (Å²) >= 11 is 0. The summed E-state index contributed by atoms with van der Waals surface area (Å²) in [6, 6.07) is 4.85. The maximum absolute atomic E-state index is 14.0. The lowest BCUT2D eigenvalue weighted by Gasteiger charge is -2.25. The van der Waals surface area contributed by atoms with Gasteiger partial charge in [-0.15, -0.1) is 0 Å². The lowest BCUT2D eigenvalue weighted by Crippen LogP contribution is -2.39. The summed E-state index contributed by atoms with van der Waals surface area (Å²) in [5, 5.41) is 14.2. The van der Waals surface area contributed by atoms with E-state index in [1.165, 1.54) is 16.9 Å². The van der Waals surface area contributed by atoms with Crippen LogP contribution in [0.3, 0.4) is 0 Å². The van der Waals surface area contributed by atoms with Crippen LogP contribution in [-0.2, 0) is 0 Å². The Morgan fingerprint density at radius 1 is 1.43 bits per heavy atom. The molecule has 1 aliphatic carbocycles. The van der Waals surface area contributed by atoms with Crippen molar-refractivity contribution in [2.45, 2.75) is 45.7 Å². The van der Waals surface area contributed by atoms with Crippen molar-refractivity contribution in [1.29, 1.82) is 0 Å². The van der Waals surface area contributed by atoms with Gasteiger partial charge in [-0.1, -0.05) is 6.07 Å². The van der Waals surface area contributed by atoms with Gasteiger partial charge in [-0.05, 0) is 51.3 Å². The lowest BCUT2D eigenvalue weighted by molar-refractivity contribution is 0.0680. The minimum Gasteiger partial charge on any atom is -0.504 e. The van der Waals surface area contributed by atoms with Gasteiger partial charge in [-0.25, -0.2) is 9.07 Å². The molecule has 1 aromatic heterocycles. The molecule has 1 fully saturated rings. The quantitative estimate of drug-likeness (QED) is 0.943. The van der Waals surface area contributed by atoms with Gasteiger partial charge in [0.05, 0.1) is 6.20 Å². The van der Waals surface area contributed by atoms with Crippen LogP contribution in [0.4, 0.5) is 4.39 Å². The Balaban J connectivity index is 1.97. The first-order chi connectivity index (χ1) is 10.9. The van der Waals surface area contributed by atoms with Crippen LogP contribution in [0.5, 0.6) is 5.75 Å². The zero-order valence-corrected chi connectivity index (χ0v) is 13.5. The molecule has 1 amide bonds. The third-order valence-corrected chi connectivity index (χ3v) is 3.98.